The molecule has 76 valence electrons. The van der Waals surface area contributed by atoms with E-state index >= 15 is 0 Å². The van der Waals surface area contributed by atoms with Gasteiger partial charge in [-0.1, -0.05) is 29.8 Å². The second-order valence-corrected chi connectivity index (χ2v) is 3.72. The van der Waals surface area contributed by atoms with Gasteiger partial charge in [-0.2, -0.15) is 0 Å². The third-order valence-electron chi connectivity index (χ3n) is 1.72. The van der Waals surface area contributed by atoms with Gasteiger partial charge in [0.15, 0.2) is 0 Å². The van der Waals surface area contributed by atoms with Crippen LogP contribution >= 0.6 is 23.2 Å². The fourth-order valence-corrected chi connectivity index (χ4v) is 1.39. The lowest BCUT2D eigenvalue weighted by atomic mass is 10.1. The zero-order valence-corrected chi connectivity index (χ0v) is 8.66. The quantitative estimate of drug-likeness (QED) is 0.775. The van der Waals surface area contributed by atoms with Crippen LogP contribution in [0.4, 0.5) is 10.1 Å². The molecule has 14 heavy (non-hydrogen) atoms. The van der Waals surface area contributed by atoms with Gasteiger partial charge in [0.05, 0.1) is 10.7 Å². The Morgan fingerprint density at radius 2 is 2.21 bits per heavy atom. The average Bonchev–Trinajstić information content (AvgIpc) is 2.09. The molecule has 0 aliphatic rings. The van der Waals surface area contributed by atoms with Crippen molar-refractivity contribution in [3.63, 3.8) is 0 Å². The standard InChI is InChI=1S/C9H8Cl2FNO/c1-4(10)2-5-8(13)7(12)3-6(11)9(5)14/h3,14H,1-2,13H2. The minimum atomic E-state index is -0.680. The van der Waals surface area contributed by atoms with E-state index in [1.54, 1.807) is 0 Å². The fraction of sp³-hybridized carbons (Fsp3) is 0.111. The van der Waals surface area contributed by atoms with Gasteiger partial charge in [0.25, 0.3) is 0 Å². The molecule has 0 fully saturated rings. The molecule has 1 aromatic rings. The molecule has 0 saturated carbocycles. The van der Waals surface area contributed by atoms with Crippen molar-refractivity contribution in [2.24, 2.45) is 0 Å². The summed E-state index contributed by atoms with van der Waals surface area (Å²) in [4.78, 5) is 0. The zero-order valence-electron chi connectivity index (χ0n) is 7.15. The van der Waals surface area contributed by atoms with Crippen molar-refractivity contribution in [2.75, 3.05) is 5.73 Å². The van der Waals surface area contributed by atoms with Gasteiger partial charge in [-0.15, -0.1) is 0 Å². The first-order chi connectivity index (χ1) is 6.43. The first kappa shape index (κ1) is 11.1. The van der Waals surface area contributed by atoms with Crippen molar-refractivity contribution in [3.8, 4) is 5.75 Å². The summed E-state index contributed by atoms with van der Waals surface area (Å²) < 4.78 is 13.1. The van der Waals surface area contributed by atoms with Gasteiger partial charge in [-0.3, -0.25) is 0 Å². The number of rotatable bonds is 2. The molecule has 0 radical (unpaired) electrons. The molecule has 0 spiro atoms. The molecule has 0 saturated heterocycles. The predicted molar refractivity (Wildman–Crippen MR) is 56.2 cm³/mol. The maximum Gasteiger partial charge on any atom is 0.148 e. The summed E-state index contributed by atoms with van der Waals surface area (Å²) in [5, 5.41) is 9.62. The van der Waals surface area contributed by atoms with E-state index in [0.717, 1.165) is 6.07 Å². The van der Waals surface area contributed by atoms with Crippen LogP contribution in [0.15, 0.2) is 17.7 Å². The Morgan fingerprint density at radius 3 is 2.71 bits per heavy atom. The molecular weight excluding hydrogens is 228 g/mol. The molecule has 2 nitrogen and oxygen atoms in total. The fourth-order valence-electron chi connectivity index (χ4n) is 1.04. The first-order valence-corrected chi connectivity index (χ1v) is 4.47. The molecule has 0 atom stereocenters. The third kappa shape index (κ3) is 2.11. The van der Waals surface area contributed by atoms with Crippen molar-refractivity contribution in [1.29, 1.82) is 0 Å². The van der Waals surface area contributed by atoms with Crippen LogP contribution in [0.3, 0.4) is 0 Å². The van der Waals surface area contributed by atoms with Crippen molar-refractivity contribution >= 4 is 28.9 Å². The third-order valence-corrected chi connectivity index (χ3v) is 2.14. The van der Waals surface area contributed by atoms with Gasteiger partial charge in [0, 0.05) is 17.0 Å². The summed E-state index contributed by atoms with van der Waals surface area (Å²) in [6, 6.07) is 0.951. The van der Waals surface area contributed by atoms with E-state index in [1.807, 2.05) is 0 Å². The minimum absolute atomic E-state index is 0.0801. The Balaban J connectivity index is 3.31. The van der Waals surface area contributed by atoms with Gasteiger partial charge in [-0.25, -0.2) is 4.39 Å². The highest BCUT2D eigenvalue weighted by atomic mass is 35.5. The van der Waals surface area contributed by atoms with Gasteiger partial charge in [-0.05, 0) is 6.07 Å². The lowest BCUT2D eigenvalue weighted by Gasteiger charge is -2.09. The van der Waals surface area contributed by atoms with Crippen LogP contribution in [0.1, 0.15) is 5.56 Å². The molecule has 1 aromatic carbocycles. The Kier molecular flexibility index (Phi) is 3.24. The number of aromatic hydroxyl groups is 1. The maximum atomic E-state index is 13.1. The molecular formula is C9H8Cl2FNO. The minimum Gasteiger partial charge on any atom is -0.506 e. The Labute approximate surface area is 90.7 Å². The van der Waals surface area contributed by atoms with Crippen molar-refractivity contribution in [2.45, 2.75) is 6.42 Å². The summed E-state index contributed by atoms with van der Waals surface area (Å²) in [6.07, 6.45) is 0.0801. The number of phenols is 1. The number of allylic oxidation sites excluding steroid dienone is 1. The topological polar surface area (TPSA) is 46.2 Å². The second-order valence-electron chi connectivity index (χ2n) is 2.78. The zero-order chi connectivity index (χ0) is 10.9. The van der Waals surface area contributed by atoms with Crippen LogP contribution in [-0.4, -0.2) is 5.11 Å². The highest BCUT2D eigenvalue weighted by Gasteiger charge is 2.14. The average molecular weight is 236 g/mol. The molecule has 0 aliphatic heterocycles. The van der Waals surface area contributed by atoms with Crippen LogP contribution in [0.2, 0.25) is 5.02 Å². The van der Waals surface area contributed by atoms with E-state index in [9.17, 15) is 9.50 Å². The van der Waals surface area contributed by atoms with Crippen molar-refractivity contribution in [3.05, 3.63) is 34.1 Å². The monoisotopic (exact) mass is 235 g/mol. The second kappa shape index (κ2) is 4.07. The number of benzene rings is 1. The number of hydrogen-bond donors (Lipinski definition) is 2. The van der Waals surface area contributed by atoms with E-state index in [4.69, 9.17) is 28.9 Å². The van der Waals surface area contributed by atoms with E-state index < -0.39 is 5.82 Å². The van der Waals surface area contributed by atoms with Gasteiger partial charge < -0.3 is 10.8 Å². The highest BCUT2D eigenvalue weighted by Crippen LogP contribution is 2.35. The molecule has 0 aromatic heterocycles. The molecule has 1 rings (SSSR count). The molecule has 3 N–H and O–H groups in total. The number of anilines is 1. The summed E-state index contributed by atoms with van der Waals surface area (Å²) in [7, 11) is 0. The predicted octanol–water partition coefficient (Wildman–Crippen LogP) is 3.06. The highest BCUT2D eigenvalue weighted by molar-refractivity contribution is 6.32. The molecule has 5 heteroatoms. The molecule has 0 bridgehead atoms. The Hall–Kier alpha value is -0.930. The van der Waals surface area contributed by atoms with Crippen LogP contribution < -0.4 is 5.73 Å². The molecule has 0 aliphatic carbocycles. The Bertz CT molecular complexity index is 367. The van der Waals surface area contributed by atoms with E-state index in [-0.39, 0.29) is 33.5 Å². The lowest BCUT2D eigenvalue weighted by molar-refractivity contribution is 0.468. The van der Waals surface area contributed by atoms with Crippen LogP contribution in [0.25, 0.3) is 0 Å². The molecule has 0 amide bonds. The Morgan fingerprint density at radius 1 is 1.64 bits per heavy atom. The summed E-state index contributed by atoms with van der Waals surface area (Å²) in [5.41, 5.74) is 5.41. The normalized spacial score (nSPS) is 10.2. The van der Waals surface area contributed by atoms with Gasteiger partial charge >= 0.3 is 0 Å². The maximum absolute atomic E-state index is 13.1. The van der Waals surface area contributed by atoms with E-state index in [0.29, 0.717) is 0 Å². The molecule has 0 heterocycles. The number of hydrogen-bond acceptors (Lipinski definition) is 2. The number of phenolic OH excluding ortho intramolecular Hbond substituents is 1. The van der Waals surface area contributed by atoms with Crippen LogP contribution in [-0.2, 0) is 6.42 Å². The number of nitrogen functional groups attached to an aromatic ring is 1. The SMILES string of the molecule is C=C(Cl)Cc1c(N)c(F)cc(Cl)c1O. The first-order valence-electron chi connectivity index (χ1n) is 3.72. The van der Waals surface area contributed by atoms with Crippen LogP contribution in [0.5, 0.6) is 5.75 Å². The summed E-state index contributed by atoms with van der Waals surface area (Å²) in [5.74, 6) is -0.937. The van der Waals surface area contributed by atoms with E-state index in [2.05, 4.69) is 6.58 Å². The lowest BCUT2D eigenvalue weighted by Crippen LogP contribution is -1.99. The smallest absolute Gasteiger partial charge is 0.148 e. The number of halogens is 3. The summed E-state index contributed by atoms with van der Waals surface area (Å²) in [6.45, 7) is 3.43. The van der Waals surface area contributed by atoms with Crippen LogP contribution in [0, 0.1) is 5.82 Å². The van der Waals surface area contributed by atoms with Gasteiger partial charge in [0.2, 0.25) is 0 Å². The summed E-state index contributed by atoms with van der Waals surface area (Å²) >= 11 is 11.1. The molecule has 0 unspecified atom stereocenters. The van der Waals surface area contributed by atoms with Crippen molar-refractivity contribution < 1.29 is 9.50 Å². The van der Waals surface area contributed by atoms with Gasteiger partial charge in [0.1, 0.15) is 11.6 Å². The van der Waals surface area contributed by atoms with Crippen molar-refractivity contribution in [1.82, 2.24) is 0 Å². The van der Waals surface area contributed by atoms with E-state index in [1.165, 1.54) is 0 Å². The largest absolute Gasteiger partial charge is 0.506 e. The number of nitrogens with two attached hydrogens (primary N) is 1.